The summed E-state index contributed by atoms with van der Waals surface area (Å²) in [6.07, 6.45) is 4.28. The number of carbonyl (C=O) groups is 1. The van der Waals surface area contributed by atoms with E-state index in [0.717, 1.165) is 55.9 Å². The van der Waals surface area contributed by atoms with Crippen molar-refractivity contribution in [3.63, 3.8) is 0 Å². The molecule has 0 aliphatic heterocycles. The van der Waals surface area contributed by atoms with Gasteiger partial charge >= 0.3 is 0 Å². The van der Waals surface area contributed by atoms with Gasteiger partial charge in [-0.15, -0.1) is 24.0 Å². The number of rotatable bonds is 7. The minimum Gasteiger partial charge on any atom is -0.393 e. The molecule has 2 rings (SSSR count). The van der Waals surface area contributed by atoms with Gasteiger partial charge in [0.25, 0.3) is 0 Å². The summed E-state index contributed by atoms with van der Waals surface area (Å²) in [6.45, 7) is 7.33. The van der Waals surface area contributed by atoms with E-state index in [0.29, 0.717) is 12.6 Å². The molecule has 1 aliphatic rings. The molecule has 1 unspecified atom stereocenters. The molecule has 4 N–H and O–H groups in total. The lowest BCUT2D eigenvalue weighted by Crippen LogP contribution is -2.45. The SMILES string of the molecule is CCNC(=NCc1cccc(NC(=O)C(C)CC)c1)NC1CCC(O)CC1.I. The minimum atomic E-state index is -0.157. The Morgan fingerprint density at radius 2 is 1.96 bits per heavy atom. The second kappa shape index (κ2) is 13.0. The van der Waals surface area contributed by atoms with Crippen molar-refractivity contribution in [3.8, 4) is 0 Å². The van der Waals surface area contributed by atoms with Crippen molar-refractivity contribution in [3.05, 3.63) is 29.8 Å². The Balaban J connectivity index is 0.00000392. The molecule has 28 heavy (non-hydrogen) atoms. The van der Waals surface area contributed by atoms with Crippen LogP contribution in [-0.4, -0.2) is 35.7 Å². The fraction of sp³-hybridized carbons (Fsp3) is 0.619. The van der Waals surface area contributed by atoms with E-state index in [1.807, 2.05) is 45.0 Å². The molecule has 1 aliphatic carbocycles. The van der Waals surface area contributed by atoms with E-state index in [2.05, 4.69) is 20.9 Å². The van der Waals surface area contributed by atoms with Gasteiger partial charge in [0.2, 0.25) is 5.91 Å². The standard InChI is InChI=1S/C21H34N4O2.HI/c1-4-15(3)20(27)24-18-8-6-7-16(13-18)14-23-21(22-5-2)25-17-9-11-19(26)12-10-17;/h6-8,13,15,17,19,26H,4-5,9-12,14H2,1-3H3,(H,24,27)(H2,22,23,25);1H. The van der Waals surface area contributed by atoms with Crippen LogP contribution in [0.15, 0.2) is 29.3 Å². The Kier molecular flexibility index (Phi) is 11.4. The first-order chi connectivity index (χ1) is 13.0. The number of halogens is 1. The van der Waals surface area contributed by atoms with Gasteiger partial charge in [0, 0.05) is 24.2 Å². The molecule has 1 saturated carbocycles. The molecule has 1 aromatic rings. The molecule has 0 spiro atoms. The Morgan fingerprint density at radius 3 is 2.61 bits per heavy atom. The molecule has 0 heterocycles. The molecule has 1 fully saturated rings. The topological polar surface area (TPSA) is 85.8 Å². The highest BCUT2D eigenvalue weighted by atomic mass is 127. The van der Waals surface area contributed by atoms with Crippen LogP contribution in [0.3, 0.4) is 0 Å². The Morgan fingerprint density at radius 1 is 1.25 bits per heavy atom. The van der Waals surface area contributed by atoms with Crippen LogP contribution in [0.4, 0.5) is 5.69 Å². The molecule has 0 saturated heterocycles. The lowest BCUT2D eigenvalue weighted by atomic mass is 9.93. The maximum absolute atomic E-state index is 12.1. The lowest BCUT2D eigenvalue weighted by Gasteiger charge is -2.27. The van der Waals surface area contributed by atoms with Crippen molar-refractivity contribution in [2.24, 2.45) is 10.9 Å². The third-order valence-electron chi connectivity index (χ3n) is 5.06. The van der Waals surface area contributed by atoms with Crippen LogP contribution in [0.1, 0.15) is 58.4 Å². The Labute approximate surface area is 186 Å². The number of anilines is 1. The fourth-order valence-electron chi connectivity index (χ4n) is 3.10. The smallest absolute Gasteiger partial charge is 0.227 e. The molecule has 158 valence electrons. The minimum absolute atomic E-state index is 0. The number of amides is 1. The second-order valence-electron chi connectivity index (χ2n) is 7.34. The Hall–Kier alpha value is -1.35. The number of carbonyl (C=O) groups excluding carboxylic acids is 1. The summed E-state index contributed by atoms with van der Waals surface area (Å²) in [5.74, 6) is 0.853. The number of benzene rings is 1. The van der Waals surface area contributed by atoms with Crippen LogP contribution in [-0.2, 0) is 11.3 Å². The van der Waals surface area contributed by atoms with Gasteiger partial charge in [0.1, 0.15) is 0 Å². The number of hydrogen-bond donors (Lipinski definition) is 4. The van der Waals surface area contributed by atoms with Crippen molar-refractivity contribution in [2.45, 2.75) is 71.6 Å². The molecule has 0 aromatic heterocycles. The average molecular weight is 502 g/mol. The van der Waals surface area contributed by atoms with Crippen molar-refractivity contribution < 1.29 is 9.90 Å². The van der Waals surface area contributed by atoms with E-state index in [-0.39, 0.29) is 41.9 Å². The van der Waals surface area contributed by atoms with E-state index >= 15 is 0 Å². The third kappa shape index (κ3) is 8.34. The predicted octanol–water partition coefficient (Wildman–Crippen LogP) is 3.65. The first-order valence-corrected chi connectivity index (χ1v) is 10.1. The number of guanidine groups is 1. The first kappa shape index (κ1) is 24.7. The molecule has 0 radical (unpaired) electrons. The first-order valence-electron chi connectivity index (χ1n) is 10.1. The summed E-state index contributed by atoms with van der Waals surface area (Å²) < 4.78 is 0. The highest BCUT2D eigenvalue weighted by molar-refractivity contribution is 14.0. The van der Waals surface area contributed by atoms with Gasteiger partial charge in [-0.25, -0.2) is 4.99 Å². The molecule has 0 bridgehead atoms. The summed E-state index contributed by atoms with van der Waals surface area (Å²) in [6, 6.07) is 8.20. The normalized spacial score (nSPS) is 20.6. The average Bonchev–Trinajstić information content (AvgIpc) is 2.67. The van der Waals surface area contributed by atoms with Crippen LogP contribution in [0.5, 0.6) is 0 Å². The molecule has 1 amide bonds. The summed E-state index contributed by atoms with van der Waals surface area (Å²) in [5, 5.41) is 19.4. The van der Waals surface area contributed by atoms with Crippen molar-refractivity contribution in [2.75, 3.05) is 11.9 Å². The van der Waals surface area contributed by atoms with Gasteiger partial charge in [-0.05, 0) is 56.7 Å². The Bertz CT molecular complexity index is 631. The van der Waals surface area contributed by atoms with Crippen LogP contribution in [0, 0.1) is 5.92 Å². The molecular weight excluding hydrogens is 467 g/mol. The predicted molar refractivity (Wildman–Crippen MR) is 126 cm³/mol. The van der Waals surface area contributed by atoms with Gasteiger partial charge in [-0.3, -0.25) is 4.79 Å². The largest absolute Gasteiger partial charge is 0.393 e. The summed E-state index contributed by atoms with van der Waals surface area (Å²) in [4.78, 5) is 16.8. The number of aliphatic hydroxyl groups excluding tert-OH is 1. The molecule has 7 heteroatoms. The molecule has 1 atom stereocenters. The zero-order chi connectivity index (χ0) is 19.6. The zero-order valence-corrected chi connectivity index (χ0v) is 19.5. The maximum atomic E-state index is 12.1. The van der Waals surface area contributed by atoms with Crippen molar-refractivity contribution >= 4 is 41.5 Å². The monoisotopic (exact) mass is 502 g/mol. The van der Waals surface area contributed by atoms with E-state index in [9.17, 15) is 9.90 Å². The fourth-order valence-corrected chi connectivity index (χ4v) is 3.10. The highest BCUT2D eigenvalue weighted by Crippen LogP contribution is 2.18. The van der Waals surface area contributed by atoms with Gasteiger partial charge in [0.05, 0.1) is 12.6 Å². The van der Waals surface area contributed by atoms with Crippen LogP contribution >= 0.6 is 24.0 Å². The third-order valence-corrected chi connectivity index (χ3v) is 5.06. The van der Waals surface area contributed by atoms with Gasteiger partial charge < -0.3 is 21.1 Å². The number of nitrogens with one attached hydrogen (secondary N) is 3. The number of hydrogen-bond acceptors (Lipinski definition) is 3. The number of nitrogens with zero attached hydrogens (tertiary/aromatic N) is 1. The summed E-state index contributed by atoms with van der Waals surface area (Å²) in [5.41, 5.74) is 1.86. The van der Waals surface area contributed by atoms with E-state index < -0.39 is 0 Å². The van der Waals surface area contributed by atoms with Crippen LogP contribution < -0.4 is 16.0 Å². The molecule has 1 aromatic carbocycles. The van der Waals surface area contributed by atoms with E-state index in [1.165, 1.54) is 0 Å². The van der Waals surface area contributed by atoms with Crippen molar-refractivity contribution in [1.82, 2.24) is 10.6 Å². The van der Waals surface area contributed by atoms with Gasteiger partial charge in [-0.2, -0.15) is 0 Å². The quantitative estimate of drug-likeness (QED) is 0.261. The van der Waals surface area contributed by atoms with Crippen molar-refractivity contribution in [1.29, 1.82) is 0 Å². The molecule has 6 nitrogen and oxygen atoms in total. The van der Waals surface area contributed by atoms with Gasteiger partial charge in [-0.1, -0.05) is 26.0 Å². The zero-order valence-electron chi connectivity index (χ0n) is 17.2. The van der Waals surface area contributed by atoms with E-state index in [1.54, 1.807) is 0 Å². The highest BCUT2D eigenvalue weighted by Gasteiger charge is 2.20. The van der Waals surface area contributed by atoms with Gasteiger partial charge in [0.15, 0.2) is 5.96 Å². The second-order valence-corrected chi connectivity index (χ2v) is 7.34. The number of aliphatic imine (C=N–C) groups is 1. The number of aliphatic hydroxyl groups is 1. The van der Waals surface area contributed by atoms with Crippen LogP contribution in [0.2, 0.25) is 0 Å². The maximum Gasteiger partial charge on any atom is 0.227 e. The lowest BCUT2D eigenvalue weighted by molar-refractivity contribution is -0.119. The summed E-state index contributed by atoms with van der Waals surface area (Å²) in [7, 11) is 0. The molecular formula is C21H35IN4O2. The van der Waals surface area contributed by atoms with E-state index in [4.69, 9.17) is 0 Å². The van der Waals surface area contributed by atoms with Crippen LogP contribution in [0.25, 0.3) is 0 Å². The summed E-state index contributed by atoms with van der Waals surface area (Å²) >= 11 is 0.